The zero-order valence-corrected chi connectivity index (χ0v) is 17.8. The number of carbonyl (C=O) groups is 2. The third kappa shape index (κ3) is 6.51. The van der Waals surface area contributed by atoms with Crippen LogP contribution >= 0.6 is 0 Å². The first kappa shape index (κ1) is 21.7. The maximum atomic E-state index is 12.4. The van der Waals surface area contributed by atoms with Gasteiger partial charge in [-0.2, -0.15) is 0 Å². The molecule has 2 aromatic carbocycles. The van der Waals surface area contributed by atoms with E-state index in [2.05, 4.69) is 24.5 Å². The van der Waals surface area contributed by atoms with E-state index in [4.69, 9.17) is 4.74 Å². The van der Waals surface area contributed by atoms with Crippen molar-refractivity contribution in [2.24, 2.45) is 5.92 Å². The quantitative estimate of drug-likeness (QED) is 0.644. The van der Waals surface area contributed by atoms with Crippen LogP contribution in [-0.2, 0) is 4.79 Å². The highest BCUT2D eigenvalue weighted by Crippen LogP contribution is 2.18. The van der Waals surface area contributed by atoms with Crippen LogP contribution in [0.25, 0.3) is 0 Å². The molecule has 30 heavy (non-hydrogen) atoms. The number of carbonyl (C=O) groups excluding carboxylic acids is 2. The summed E-state index contributed by atoms with van der Waals surface area (Å²) in [6, 6.07) is 14.7. The van der Waals surface area contributed by atoms with Crippen LogP contribution in [0.15, 0.2) is 48.5 Å². The highest BCUT2D eigenvalue weighted by Gasteiger charge is 2.19. The monoisotopic (exact) mass is 409 g/mol. The minimum Gasteiger partial charge on any atom is -0.494 e. The molecular formula is C24H31N3O3. The van der Waals surface area contributed by atoms with Gasteiger partial charge in [-0.15, -0.1) is 0 Å². The van der Waals surface area contributed by atoms with E-state index in [1.54, 1.807) is 12.1 Å². The van der Waals surface area contributed by atoms with Crippen molar-refractivity contribution in [2.45, 2.75) is 33.1 Å². The fourth-order valence-electron chi connectivity index (χ4n) is 3.30. The van der Waals surface area contributed by atoms with Gasteiger partial charge in [0.15, 0.2) is 0 Å². The Kier molecular flexibility index (Phi) is 7.71. The van der Waals surface area contributed by atoms with Crippen molar-refractivity contribution < 1.29 is 14.3 Å². The van der Waals surface area contributed by atoms with Crippen LogP contribution in [0.3, 0.4) is 0 Å². The van der Waals surface area contributed by atoms with E-state index in [-0.39, 0.29) is 18.4 Å². The minimum absolute atomic E-state index is 0.0762. The smallest absolute Gasteiger partial charge is 0.253 e. The number of rotatable bonds is 9. The third-order valence-corrected chi connectivity index (χ3v) is 5.06. The SMILES string of the molecule is CC(C)CCOc1cccc(NC(=O)CNc2ccc(C(=O)N3CCCC3)cc2)c1. The van der Waals surface area contributed by atoms with Gasteiger partial charge in [-0.3, -0.25) is 9.59 Å². The molecule has 3 rings (SSSR count). The average Bonchev–Trinajstić information content (AvgIpc) is 3.27. The van der Waals surface area contributed by atoms with Gasteiger partial charge in [0.25, 0.3) is 5.91 Å². The first-order chi connectivity index (χ1) is 14.5. The van der Waals surface area contributed by atoms with E-state index < -0.39 is 0 Å². The molecule has 0 aromatic heterocycles. The second-order valence-electron chi connectivity index (χ2n) is 8.04. The topological polar surface area (TPSA) is 70.7 Å². The van der Waals surface area contributed by atoms with E-state index in [9.17, 15) is 9.59 Å². The second kappa shape index (κ2) is 10.7. The van der Waals surface area contributed by atoms with Gasteiger partial charge in [-0.05, 0) is 61.6 Å². The number of ether oxygens (including phenoxy) is 1. The molecule has 6 heteroatoms. The average molecular weight is 410 g/mol. The molecule has 2 N–H and O–H groups in total. The van der Waals surface area contributed by atoms with Gasteiger partial charge in [0, 0.05) is 36.1 Å². The Bertz CT molecular complexity index is 843. The standard InChI is InChI=1S/C24H31N3O3/c1-18(2)12-15-30-22-7-5-6-21(16-22)26-23(28)17-25-20-10-8-19(9-11-20)24(29)27-13-3-4-14-27/h5-11,16,18,25H,3-4,12-15,17H2,1-2H3,(H,26,28). The Morgan fingerprint density at radius 2 is 1.77 bits per heavy atom. The molecule has 0 radical (unpaired) electrons. The van der Waals surface area contributed by atoms with Gasteiger partial charge in [-0.25, -0.2) is 0 Å². The normalized spacial score (nSPS) is 13.4. The number of nitrogens with one attached hydrogen (secondary N) is 2. The molecule has 2 amide bonds. The summed E-state index contributed by atoms with van der Waals surface area (Å²) < 4.78 is 5.74. The number of nitrogens with zero attached hydrogens (tertiary/aromatic N) is 1. The molecule has 0 aliphatic carbocycles. The van der Waals surface area contributed by atoms with Crippen LogP contribution in [0.1, 0.15) is 43.5 Å². The summed E-state index contributed by atoms with van der Waals surface area (Å²) in [5.74, 6) is 1.27. The molecule has 0 spiro atoms. The second-order valence-corrected chi connectivity index (χ2v) is 8.04. The molecule has 1 aliphatic heterocycles. The van der Waals surface area contributed by atoms with Crippen molar-refractivity contribution in [1.29, 1.82) is 0 Å². The summed E-state index contributed by atoms with van der Waals surface area (Å²) in [6.45, 7) is 6.79. The summed E-state index contributed by atoms with van der Waals surface area (Å²) in [5.41, 5.74) is 2.19. The van der Waals surface area contributed by atoms with Crippen molar-refractivity contribution in [1.82, 2.24) is 4.90 Å². The highest BCUT2D eigenvalue weighted by molar-refractivity contribution is 5.95. The molecule has 1 heterocycles. The predicted molar refractivity (Wildman–Crippen MR) is 120 cm³/mol. The molecule has 6 nitrogen and oxygen atoms in total. The molecule has 1 saturated heterocycles. The van der Waals surface area contributed by atoms with Crippen molar-refractivity contribution >= 4 is 23.2 Å². The number of benzene rings is 2. The van der Waals surface area contributed by atoms with Gasteiger partial charge in [0.05, 0.1) is 13.2 Å². The van der Waals surface area contributed by atoms with Gasteiger partial charge in [0.1, 0.15) is 5.75 Å². The first-order valence-electron chi connectivity index (χ1n) is 10.7. The van der Waals surface area contributed by atoms with Gasteiger partial charge in [0.2, 0.25) is 5.91 Å². The summed E-state index contributed by atoms with van der Waals surface area (Å²) in [5, 5.41) is 5.97. The largest absolute Gasteiger partial charge is 0.494 e. The fourth-order valence-corrected chi connectivity index (χ4v) is 3.30. The number of anilines is 2. The Labute approximate surface area is 178 Å². The molecule has 0 saturated carbocycles. The molecule has 160 valence electrons. The Morgan fingerprint density at radius 3 is 2.47 bits per heavy atom. The lowest BCUT2D eigenvalue weighted by atomic mass is 10.1. The Hall–Kier alpha value is -3.02. The molecule has 2 aromatic rings. The van der Waals surface area contributed by atoms with E-state index in [1.165, 1.54) is 0 Å². The molecular weight excluding hydrogens is 378 g/mol. The first-order valence-corrected chi connectivity index (χ1v) is 10.7. The van der Waals surface area contributed by atoms with E-state index in [0.717, 1.165) is 43.8 Å². The van der Waals surface area contributed by atoms with Crippen LogP contribution in [0.2, 0.25) is 0 Å². The Morgan fingerprint density at radius 1 is 1.03 bits per heavy atom. The number of likely N-dealkylation sites (tertiary alicyclic amines) is 1. The summed E-state index contributed by atoms with van der Waals surface area (Å²) in [6.07, 6.45) is 3.14. The third-order valence-electron chi connectivity index (χ3n) is 5.06. The van der Waals surface area contributed by atoms with Crippen molar-refractivity contribution in [3.63, 3.8) is 0 Å². The maximum Gasteiger partial charge on any atom is 0.253 e. The minimum atomic E-state index is -0.147. The molecule has 0 bridgehead atoms. The van der Waals surface area contributed by atoms with Crippen LogP contribution in [0, 0.1) is 5.92 Å². The molecule has 1 aliphatic rings. The highest BCUT2D eigenvalue weighted by atomic mass is 16.5. The lowest BCUT2D eigenvalue weighted by Crippen LogP contribution is -2.27. The fraction of sp³-hybridized carbons (Fsp3) is 0.417. The van der Waals surface area contributed by atoms with E-state index in [1.807, 2.05) is 41.3 Å². The number of hydrogen-bond acceptors (Lipinski definition) is 4. The zero-order valence-electron chi connectivity index (χ0n) is 17.8. The summed E-state index contributed by atoms with van der Waals surface area (Å²) >= 11 is 0. The maximum absolute atomic E-state index is 12.4. The lowest BCUT2D eigenvalue weighted by molar-refractivity contribution is -0.114. The van der Waals surface area contributed by atoms with Gasteiger partial charge in [-0.1, -0.05) is 19.9 Å². The lowest BCUT2D eigenvalue weighted by Gasteiger charge is -2.15. The van der Waals surface area contributed by atoms with Gasteiger partial charge >= 0.3 is 0 Å². The van der Waals surface area contributed by atoms with Crippen LogP contribution in [-0.4, -0.2) is 43.0 Å². The molecule has 0 atom stereocenters. The van der Waals surface area contributed by atoms with Crippen LogP contribution in [0.5, 0.6) is 5.75 Å². The summed E-state index contributed by atoms with van der Waals surface area (Å²) in [4.78, 5) is 26.5. The molecule has 0 unspecified atom stereocenters. The van der Waals surface area contributed by atoms with Gasteiger partial charge < -0.3 is 20.3 Å². The number of hydrogen-bond donors (Lipinski definition) is 2. The van der Waals surface area contributed by atoms with E-state index in [0.29, 0.717) is 23.8 Å². The zero-order chi connectivity index (χ0) is 21.3. The van der Waals surface area contributed by atoms with Crippen molar-refractivity contribution in [3.05, 3.63) is 54.1 Å². The van der Waals surface area contributed by atoms with Crippen molar-refractivity contribution in [3.8, 4) is 5.75 Å². The summed E-state index contributed by atoms with van der Waals surface area (Å²) in [7, 11) is 0. The van der Waals surface area contributed by atoms with Crippen LogP contribution in [0.4, 0.5) is 11.4 Å². The predicted octanol–water partition coefficient (Wildman–Crippen LogP) is 4.40. The van der Waals surface area contributed by atoms with Crippen LogP contribution < -0.4 is 15.4 Å². The van der Waals surface area contributed by atoms with E-state index >= 15 is 0 Å². The van der Waals surface area contributed by atoms with Crippen molar-refractivity contribution in [2.75, 3.05) is 36.9 Å². The Balaban J connectivity index is 1.46. The molecule has 1 fully saturated rings. The number of amides is 2.